The molecule has 0 N–H and O–H groups in total. The quantitative estimate of drug-likeness (QED) is 0.825. The number of carbonyl (C=O) groups excluding carboxylic acids is 1. The molecule has 0 radical (unpaired) electrons. The van der Waals surface area contributed by atoms with Crippen LogP contribution in [0, 0.1) is 17.6 Å². The van der Waals surface area contributed by atoms with Crippen LogP contribution >= 0.6 is 0 Å². The van der Waals surface area contributed by atoms with E-state index in [-0.39, 0.29) is 23.3 Å². The zero-order valence-electron chi connectivity index (χ0n) is 15.4. The topological polar surface area (TPSA) is 60.1 Å². The Bertz CT molecular complexity index is 950. The highest BCUT2D eigenvalue weighted by Gasteiger charge is 2.42. The summed E-state index contributed by atoms with van der Waals surface area (Å²) in [4.78, 5) is 27.3. The van der Waals surface area contributed by atoms with Crippen molar-refractivity contribution in [1.82, 2.24) is 19.2 Å². The van der Waals surface area contributed by atoms with Crippen LogP contribution < -0.4 is 5.69 Å². The van der Waals surface area contributed by atoms with Gasteiger partial charge in [0.2, 0.25) is 0 Å². The fourth-order valence-corrected chi connectivity index (χ4v) is 4.18. The van der Waals surface area contributed by atoms with Crippen molar-refractivity contribution in [3.63, 3.8) is 0 Å². The predicted octanol–water partition coefficient (Wildman–Crippen LogP) is 2.21. The standard InChI is InChI=1S/C19H22F2N4O2/c1-11(2)9-24-19(27)23-10-14-5-4-13(8-17(23)22-24)25(14)18(26)15-7-12(20)3-6-16(15)21/h3,6-7,11,13-14H,4-5,8-10H2,1-2H3. The number of rotatable bonds is 3. The molecule has 2 aromatic rings. The van der Waals surface area contributed by atoms with Gasteiger partial charge in [0.15, 0.2) is 0 Å². The highest BCUT2D eigenvalue weighted by molar-refractivity contribution is 5.95. The lowest BCUT2D eigenvalue weighted by atomic mass is 10.1. The maximum Gasteiger partial charge on any atom is 0.345 e. The Morgan fingerprint density at radius 3 is 2.74 bits per heavy atom. The van der Waals surface area contributed by atoms with E-state index in [1.165, 1.54) is 4.68 Å². The predicted molar refractivity (Wildman–Crippen MR) is 94.4 cm³/mol. The first-order valence-electron chi connectivity index (χ1n) is 9.29. The summed E-state index contributed by atoms with van der Waals surface area (Å²) >= 11 is 0. The number of hydrogen-bond acceptors (Lipinski definition) is 3. The van der Waals surface area contributed by atoms with E-state index in [1.54, 1.807) is 9.47 Å². The summed E-state index contributed by atoms with van der Waals surface area (Å²) in [5, 5.41) is 4.46. The van der Waals surface area contributed by atoms with E-state index >= 15 is 0 Å². The third kappa shape index (κ3) is 3.07. The Kier molecular flexibility index (Phi) is 4.36. The molecule has 2 aliphatic rings. The normalized spacial score (nSPS) is 21.4. The fraction of sp³-hybridized carbons (Fsp3) is 0.526. The second-order valence-electron chi connectivity index (χ2n) is 7.81. The van der Waals surface area contributed by atoms with E-state index < -0.39 is 17.5 Å². The number of hydrogen-bond donors (Lipinski definition) is 0. The minimum absolute atomic E-state index is 0.166. The summed E-state index contributed by atoms with van der Waals surface area (Å²) in [7, 11) is 0. The van der Waals surface area contributed by atoms with Crippen molar-refractivity contribution in [2.45, 2.75) is 58.3 Å². The maximum absolute atomic E-state index is 14.1. The zero-order valence-corrected chi connectivity index (χ0v) is 15.4. The molecule has 1 aromatic heterocycles. The summed E-state index contributed by atoms with van der Waals surface area (Å²) in [6, 6.07) is 2.52. The van der Waals surface area contributed by atoms with E-state index in [9.17, 15) is 18.4 Å². The van der Waals surface area contributed by atoms with Crippen LogP contribution in [0.25, 0.3) is 0 Å². The zero-order chi connectivity index (χ0) is 19.3. The Balaban J connectivity index is 1.66. The second kappa shape index (κ2) is 6.58. The summed E-state index contributed by atoms with van der Waals surface area (Å²) in [5.41, 5.74) is -0.431. The first-order valence-corrected chi connectivity index (χ1v) is 9.29. The van der Waals surface area contributed by atoms with Crippen molar-refractivity contribution in [2.24, 2.45) is 5.92 Å². The van der Waals surface area contributed by atoms with Gasteiger partial charge in [-0.05, 0) is 37.0 Å². The Morgan fingerprint density at radius 1 is 1.26 bits per heavy atom. The van der Waals surface area contributed by atoms with Crippen LogP contribution in [0.3, 0.4) is 0 Å². The van der Waals surface area contributed by atoms with Crippen molar-refractivity contribution in [1.29, 1.82) is 0 Å². The summed E-state index contributed by atoms with van der Waals surface area (Å²) in [6.45, 7) is 4.93. The Morgan fingerprint density at radius 2 is 2.00 bits per heavy atom. The van der Waals surface area contributed by atoms with Crippen molar-refractivity contribution < 1.29 is 13.6 Å². The largest absolute Gasteiger partial charge is 0.345 e. The van der Waals surface area contributed by atoms with Gasteiger partial charge in [-0.3, -0.25) is 9.36 Å². The van der Waals surface area contributed by atoms with E-state index in [4.69, 9.17) is 0 Å². The van der Waals surface area contributed by atoms with E-state index in [1.807, 2.05) is 13.8 Å². The smallest absolute Gasteiger partial charge is 0.330 e. The van der Waals surface area contributed by atoms with Gasteiger partial charge in [-0.1, -0.05) is 13.8 Å². The van der Waals surface area contributed by atoms with Crippen LogP contribution in [0.1, 0.15) is 42.9 Å². The molecule has 144 valence electrons. The van der Waals surface area contributed by atoms with Crippen LogP contribution in [0.15, 0.2) is 23.0 Å². The Hall–Kier alpha value is -2.51. The number of halogens is 2. The van der Waals surface area contributed by atoms with Crippen molar-refractivity contribution in [3.05, 3.63) is 51.7 Å². The van der Waals surface area contributed by atoms with Gasteiger partial charge in [0.1, 0.15) is 17.5 Å². The lowest BCUT2D eigenvalue weighted by molar-refractivity contribution is 0.0659. The molecule has 2 bridgehead atoms. The van der Waals surface area contributed by atoms with Gasteiger partial charge in [-0.25, -0.2) is 18.3 Å². The van der Waals surface area contributed by atoms with Crippen LogP contribution in [0.5, 0.6) is 0 Å². The number of nitrogens with zero attached hydrogens (tertiary/aromatic N) is 4. The molecular weight excluding hydrogens is 354 g/mol. The fourth-order valence-electron chi connectivity index (χ4n) is 4.18. The average Bonchev–Trinajstić information content (AvgIpc) is 3.05. The maximum atomic E-state index is 14.1. The van der Waals surface area contributed by atoms with Gasteiger partial charge in [-0.15, -0.1) is 0 Å². The first-order chi connectivity index (χ1) is 12.8. The lowest BCUT2D eigenvalue weighted by Crippen LogP contribution is -2.43. The Labute approximate surface area is 155 Å². The molecule has 0 spiro atoms. The van der Waals surface area contributed by atoms with Crippen molar-refractivity contribution in [3.8, 4) is 0 Å². The van der Waals surface area contributed by atoms with Gasteiger partial charge in [0.05, 0.1) is 11.6 Å². The minimum atomic E-state index is -0.734. The summed E-state index contributed by atoms with van der Waals surface area (Å²) < 4.78 is 30.8. The van der Waals surface area contributed by atoms with Crippen molar-refractivity contribution in [2.75, 3.05) is 0 Å². The van der Waals surface area contributed by atoms with Gasteiger partial charge in [-0.2, -0.15) is 5.10 Å². The molecule has 6 nitrogen and oxygen atoms in total. The lowest BCUT2D eigenvalue weighted by Gasteiger charge is -2.28. The molecule has 1 aromatic carbocycles. The van der Waals surface area contributed by atoms with Gasteiger partial charge in [0.25, 0.3) is 5.91 Å². The first kappa shape index (κ1) is 17.9. The minimum Gasteiger partial charge on any atom is -0.330 e. The molecule has 3 heterocycles. The molecule has 2 aliphatic heterocycles. The molecule has 1 saturated heterocycles. The van der Waals surface area contributed by atoms with Crippen LogP contribution in [0.2, 0.25) is 0 Å². The van der Waals surface area contributed by atoms with E-state index in [2.05, 4.69) is 5.10 Å². The van der Waals surface area contributed by atoms with Gasteiger partial charge < -0.3 is 4.90 Å². The highest BCUT2D eigenvalue weighted by atomic mass is 19.1. The van der Waals surface area contributed by atoms with Crippen molar-refractivity contribution >= 4 is 5.91 Å². The molecule has 8 heteroatoms. The van der Waals surface area contributed by atoms with Gasteiger partial charge >= 0.3 is 5.69 Å². The molecule has 1 fully saturated rings. The third-order valence-corrected chi connectivity index (χ3v) is 5.36. The summed E-state index contributed by atoms with van der Waals surface area (Å²) in [6.07, 6.45) is 1.94. The molecule has 4 rings (SSSR count). The SMILES string of the molecule is CC(C)Cn1nc2n(c1=O)CC1CCC(C2)N1C(=O)c1cc(F)ccc1F. The molecule has 2 atom stereocenters. The molecular formula is C19H22F2N4O2. The number of benzene rings is 1. The third-order valence-electron chi connectivity index (χ3n) is 5.36. The van der Waals surface area contributed by atoms with Crippen LogP contribution in [-0.2, 0) is 19.5 Å². The molecule has 27 heavy (non-hydrogen) atoms. The number of fused-ring (bicyclic) bond motifs is 3. The summed E-state index contributed by atoms with van der Waals surface area (Å²) in [5.74, 6) is -0.945. The average molecular weight is 376 g/mol. The highest BCUT2D eigenvalue weighted by Crippen LogP contribution is 2.32. The monoisotopic (exact) mass is 376 g/mol. The van der Waals surface area contributed by atoms with Crippen LogP contribution in [-0.4, -0.2) is 37.2 Å². The van der Waals surface area contributed by atoms with Gasteiger partial charge in [0, 0.05) is 25.6 Å². The van der Waals surface area contributed by atoms with E-state index in [0.717, 1.165) is 31.0 Å². The molecule has 1 amide bonds. The number of amides is 1. The van der Waals surface area contributed by atoms with Crippen LogP contribution in [0.4, 0.5) is 8.78 Å². The molecule has 0 aliphatic carbocycles. The van der Waals surface area contributed by atoms with E-state index in [0.29, 0.717) is 31.3 Å². The molecule has 0 saturated carbocycles. The number of aromatic nitrogens is 3. The number of carbonyl (C=O) groups is 1. The second-order valence-corrected chi connectivity index (χ2v) is 7.81. The molecule has 2 unspecified atom stereocenters.